The van der Waals surface area contributed by atoms with Gasteiger partial charge in [-0.15, -0.1) is 0 Å². The molecule has 2 heteroatoms. The Morgan fingerprint density at radius 3 is 2.65 bits per heavy atom. The first-order chi connectivity index (χ1) is 8.38. The monoisotopic (exact) mass is 234 g/mol. The minimum atomic E-state index is 0.814. The van der Waals surface area contributed by atoms with Crippen LogP contribution in [0.2, 0.25) is 0 Å². The molecular formula is C15H26N2. The second kappa shape index (κ2) is 5.11. The van der Waals surface area contributed by atoms with Gasteiger partial charge in [0.05, 0.1) is 0 Å². The van der Waals surface area contributed by atoms with E-state index < -0.39 is 0 Å². The standard InChI is InChI=1S/C15H26N2/c1-2-13-11-16-10-6-5-9-15(16)12-17(13)14-7-3-4-8-14/h3-4,13-15H,2,5-12H2,1H3. The van der Waals surface area contributed by atoms with Gasteiger partial charge in [0.25, 0.3) is 0 Å². The number of piperazine rings is 1. The zero-order valence-corrected chi connectivity index (χ0v) is 11.1. The van der Waals surface area contributed by atoms with Gasteiger partial charge in [-0.25, -0.2) is 0 Å². The SMILES string of the molecule is CCC1CN2CCCCC2CN1C1CC=CC1. The maximum atomic E-state index is 2.84. The van der Waals surface area contributed by atoms with Crippen molar-refractivity contribution in [1.82, 2.24) is 9.80 Å². The Balaban J connectivity index is 1.69. The molecule has 0 aromatic heterocycles. The first-order valence-corrected chi connectivity index (χ1v) is 7.53. The van der Waals surface area contributed by atoms with Gasteiger partial charge in [-0.1, -0.05) is 25.5 Å². The fraction of sp³-hybridized carbons (Fsp3) is 0.867. The van der Waals surface area contributed by atoms with Crippen molar-refractivity contribution in [2.75, 3.05) is 19.6 Å². The second-order valence-electron chi connectivity index (χ2n) is 6.00. The van der Waals surface area contributed by atoms with Crippen molar-refractivity contribution < 1.29 is 0 Å². The van der Waals surface area contributed by atoms with Gasteiger partial charge >= 0.3 is 0 Å². The molecule has 2 nitrogen and oxygen atoms in total. The summed E-state index contributed by atoms with van der Waals surface area (Å²) in [6.45, 7) is 6.39. The van der Waals surface area contributed by atoms with E-state index in [0.717, 1.165) is 18.1 Å². The average Bonchev–Trinajstić information content (AvgIpc) is 2.91. The lowest BCUT2D eigenvalue weighted by Gasteiger charge is -2.50. The van der Waals surface area contributed by atoms with Gasteiger partial charge in [0, 0.05) is 31.2 Å². The summed E-state index contributed by atoms with van der Waals surface area (Å²) in [5, 5.41) is 0. The van der Waals surface area contributed by atoms with E-state index in [1.165, 1.54) is 58.2 Å². The summed E-state index contributed by atoms with van der Waals surface area (Å²) >= 11 is 0. The maximum absolute atomic E-state index is 2.84. The molecule has 1 aliphatic carbocycles. The van der Waals surface area contributed by atoms with Crippen LogP contribution in [0.3, 0.4) is 0 Å². The van der Waals surface area contributed by atoms with Crippen molar-refractivity contribution in [3.8, 4) is 0 Å². The van der Waals surface area contributed by atoms with Crippen LogP contribution in [-0.2, 0) is 0 Å². The van der Waals surface area contributed by atoms with Gasteiger partial charge in [0.15, 0.2) is 0 Å². The van der Waals surface area contributed by atoms with E-state index >= 15 is 0 Å². The third-order valence-electron chi connectivity index (χ3n) is 5.01. The highest BCUT2D eigenvalue weighted by molar-refractivity contribution is 5.02. The van der Waals surface area contributed by atoms with Crippen LogP contribution in [-0.4, -0.2) is 47.6 Å². The molecule has 0 bridgehead atoms. The Labute approximate surface area is 106 Å². The number of hydrogen-bond donors (Lipinski definition) is 0. The van der Waals surface area contributed by atoms with E-state index in [1.54, 1.807) is 0 Å². The smallest absolute Gasteiger partial charge is 0.0224 e. The van der Waals surface area contributed by atoms with E-state index in [1.807, 2.05) is 0 Å². The Kier molecular flexibility index (Phi) is 3.53. The number of hydrogen-bond acceptors (Lipinski definition) is 2. The number of rotatable bonds is 2. The molecule has 0 saturated carbocycles. The van der Waals surface area contributed by atoms with Crippen LogP contribution in [0, 0.1) is 0 Å². The fourth-order valence-corrected chi connectivity index (χ4v) is 3.96. The van der Waals surface area contributed by atoms with Crippen LogP contribution in [0.1, 0.15) is 45.4 Å². The van der Waals surface area contributed by atoms with E-state index in [4.69, 9.17) is 0 Å². The largest absolute Gasteiger partial charge is 0.298 e. The molecule has 0 spiro atoms. The summed E-state index contributed by atoms with van der Waals surface area (Å²) in [5.41, 5.74) is 0. The molecule has 2 atom stereocenters. The molecule has 2 unspecified atom stereocenters. The topological polar surface area (TPSA) is 6.48 Å². The van der Waals surface area contributed by atoms with Gasteiger partial charge in [-0.2, -0.15) is 0 Å². The molecule has 0 N–H and O–H groups in total. The second-order valence-corrected chi connectivity index (χ2v) is 6.00. The Hall–Kier alpha value is -0.340. The minimum Gasteiger partial charge on any atom is -0.298 e. The predicted octanol–water partition coefficient (Wildman–Crippen LogP) is 2.65. The molecule has 0 amide bonds. The van der Waals surface area contributed by atoms with Crippen LogP contribution in [0.5, 0.6) is 0 Å². The number of fused-ring (bicyclic) bond motifs is 1. The quantitative estimate of drug-likeness (QED) is 0.678. The molecule has 96 valence electrons. The van der Waals surface area contributed by atoms with Crippen LogP contribution >= 0.6 is 0 Å². The summed E-state index contributed by atoms with van der Waals surface area (Å²) in [4.78, 5) is 5.61. The lowest BCUT2D eigenvalue weighted by molar-refractivity contribution is -0.0128. The van der Waals surface area contributed by atoms with Gasteiger partial charge < -0.3 is 0 Å². The van der Waals surface area contributed by atoms with Crippen LogP contribution < -0.4 is 0 Å². The highest BCUT2D eigenvalue weighted by Gasteiger charge is 2.37. The third-order valence-corrected chi connectivity index (χ3v) is 5.01. The van der Waals surface area contributed by atoms with E-state index in [0.29, 0.717) is 0 Å². The molecule has 2 aliphatic heterocycles. The lowest BCUT2D eigenvalue weighted by Crippen LogP contribution is -2.61. The highest BCUT2D eigenvalue weighted by atomic mass is 15.3. The Bertz CT molecular complexity index is 279. The summed E-state index contributed by atoms with van der Waals surface area (Å²) in [7, 11) is 0. The van der Waals surface area contributed by atoms with Crippen molar-refractivity contribution in [1.29, 1.82) is 0 Å². The molecule has 3 rings (SSSR count). The number of piperidine rings is 1. The van der Waals surface area contributed by atoms with Crippen molar-refractivity contribution in [3.05, 3.63) is 12.2 Å². The van der Waals surface area contributed by atoms with Gasteiger partial charge in [0.1, 0.15) is 0 Å². The van der Waals surface area contributed by atoms with Crippen molar-refractivity contribution >= 4 is 0 Å². The molecule has 2 fully saturated rings. The summed E-state index contributed by atoms with van der Waals surface area (Å²) in [5.74, 6) is 0. The molecule has 0 aromatic carbocycles. The zero-order chi connectivity index (χ0) is 11.7. The summed E-state index contributed by atoms with van der Waals surface area (Å²) in [6.07, 6.45) is 13.0. The normalized spacial score (nSPS) is 36.3. The molecule has 2 saturated heterocycles. The Morgan fingerprint density at radius 1 is 1.06 bits per heavy atom. The zero-order valence-electron chi connectivity index (χ0n) is 11.1. The van der Waals surface area contributed by atoms with Gasteiger partial charge in [-0.05, 0) is 38.6 Å². The molecule has 2 heterocycles. The Morgan fingerprint density at radius 2 is 1.88 bits per heavy atom. The van der Waals surface area contributed by atoms with Gasteiger partial charge in [-0.3, -0.25) is 9.80 Å². The highest BCUT2D eigenvalue weighted by Crippen LogP contribution is 2.29. The van der Waals surface area contributed by atoms with Crippen LogP contribution in [0.4, 0.5) is 0 Å². The van der Waals surface area contributed by atoms with Crippen molar-refractivity contribution in [2.45, 2.75) is 63.6 Å². The first-order valence-electron chi connectivity index (χ1n) is 7.53. The fourth-order valence-electron chi connectivity index (χ4n) is 3.96. The van der Waals surface area contributed by atoms with E-state index in [9.17, 15) is 0 Å². The number of nitrogens with zero attached hydrogens (tertiary/aromatic N) is 2. The van der Waals surface area contributed by atoms with E-state index in [-0.39, 0.29) is 0 Å². The average molecular weight is 234 g/mol. The lowest BCUT2D eigenvalue weighted by atomic mass is 9.94. The maximum Gasteiger partial charge on any atom is 0.0224 e. The summed E-state index contributed by atoms with van der Waals surface area (Å²) < 4.78 is 0. The molecule has 0 radical (unpaired) electrons. The molecule has 17 heavy (non-hydrogen) atoms. The van der Waals surface area contributed by atoms with Crippen molar-refractivity contribution in [3.63, 3.8) is 0 Å². The molecule has 3 aliphatic rings. The van der Waals surface area contributed by atoms with Crippen molar-refractivity contribution in [2.24, 2.45) is 0 Å². The minimum absolute atomic E-state index is 0.814. The van der Waals surface area contributed by atoms with E-state index in [2.05, 4.69) is 28.9 Å². The first kappa shape index (κ1) is 11.7. The van der Waals surface area contributed by atoms with Crippen LogP contribution in [0.15, 0.2) is 12.2 Å². The third kappa shape index (κ3) is 2.30. The molecular weight excluding hydrogens is 208 g/mol. The molecule has 0 aromatic rings. The predicted molar refractivity (Wildman–Crippen MR) is 72.2 cm³/mol. The van der Waals surface area contributed by atoms with Crippen LogP contribution in [0.25, 0.3) is 0 Å². The summed E-state index contributed by atoms with van der Waals surface area (Å²) in [6, 6.07) is 2.51. The van der Waals surface area contributed by atoms with Gasteiger partial charge in [0.2, 0.25) is 0 Å².